The van der Waals surface area contributed by atoms with Crippen LogP contribution in [0.4, 0.5) is 0 Å². The molecule has 0 saturated carbocycles. The Labute approximate surface area is 190 Å². The van der Waals surface area contributed by atoms with Crippen molar-refractivity contribution in [1.82, 2.24) is 15.6 Å². The van der Waals surface area contributed by atoms with Gasteiger partial charge in [-0.05, 0) is 37.1 Å². The standard InChI is InChI=1S/C22H30N4O2.HI/c1-17-6-7-19(21(13-17)28-16-18-9-12-27-15-18)14-26-22(23-2)25-11-8-20-5-3-4-10-24-20;/h3-7,10,13,18H,8-9,11-12,14-16H2,1-2H3,(H2,23,25,26);1H. The van der Waals surface area contributed by atoms with E-state index in [1.807, 2.05) is 24.4 Å². The Morgan fingerprint density at radius 1 is 1.28 bits per heavy atom. The fourth-order valence-electron chi connectivity index (χ4n) is 3.12. The summed E-state index contributed by atoms with van der Waals surface area (Å²) in [5.74, 6) is 2.19. The van der Waals surface area contributed by atoms with Gasteiger partial charge >= 0.3 is 0 Å². The van der Waals surface area contributed by atoms with Gasteiger partial charge in [0.25, 0.3) is 0 Å². The molecular formula is C22H31IN4O2. The predicted molar refractivity (Wildman–Crippen MR) is 127 cm³/mol. The van der Waals surface area contributed by atoms with Crippen LogP contribution in [0.15, 0.2) is 47.6 Å². The van der Waals surface area contributed by atoms with E-state index in [1.54, 1.807) is 7.05 Å². The number of ether oxygens (including phenoxy) is 2. The molecule has 0 aliphatic carbocycles. The maximum absolute atomic E-state index is 6.12. The van der Waals surface area contributed by atoms with Crippen LogP contribution in [0.1, 0.15) is 23.2 Å². The summed E-state index contributed by atoms with van der Waals surface area (Å²) in [6, 6.07) is 12.3. The summed E-state index contributed by atoms with van der Waals surface area (Å²) in [4.78, 5) is 8.65. The molecule has 1 unspecified atom stereocenters. The Balaban J connectivity index is 0.00000300. The molecule has 0 amide bonds. The second-order valence-electron chi connectivity index (χ2n) is 7.08. The van der Waals surface area contributed by atoms with Gasteiger partial charge in [-0.15, -0.1) is 24.0 Å². The molecular weight excluding hydrogens is 479 g/mol. The topological polar surface area (TPSA) is 67.8 Å². The third-order valence-electron chi connectivity index (χ3n) is 4.79. The van der Waals surface area contributed by atoms with Crippen molar-refractivity contribution in [3.63, 3.8) is 0 Å². The number of pyridine rings is 1. The molecule has 1 aromatic heterocycles. The Morgan fingerprint density at radius 2 is 2.17 bits per heavy atom. The zero-order valence-corrected chi connectivity index (χ0v) is 19.5. The SMILES string of the molecule is CN=C(NCCc1ccccn1)NCc1ccc(C)cc1OCC1CCOC1.I. The zero-order chi connectivity index (χ0) is 19.6. The van der Waals surface area contributed by atoms with Gasteiger partial charge in [-0.2, -0.15) is 0 Å². The lowest BCUT2D eigenvalue weighted by molar-refractivity contribution is 0.166. The summed E-state index contributed by atoms with van der Waals surface area (Å²) >= 11 is 0. The lowest BCUT2D eigenvalue weighted by Gasteiger charge is -2.17. The van der Waals surface area contributed by atoms with Crippen LogP contribution in [0.3, 0.4) is 0 Å². The number of rotatable bonds is 8. The fraction of sp³-hybridized carbons (Fsp3) is 0.455. The Hall–Kier alpha value is -1.87. The maximum Gasteiger partial charge on any atom is 0.191 e. The highest BCUT2D eigenvalue weighted by Gasteiger charge is 2.17. The van der Waals surface area contributed by atoms with Crippen LogP contribution in [0, 0.1) is 12.8 Å². The highest BCUT2D eigenvalue weighted by molar-refractivity contribution is 14.0. The van der Waals surface area contributed by atoms with Gasteiger partial charge in [-0.25, -0.2) is 0 Å². The largest absolute Gasteiger partial charge is 0.493 e. The summed E-state index contributed by atoms with van der Waals surface area (Å²) in [6.45, 7) is 5.85. The number of hydrogen-bond donors (Lipinski definition) is 2. The molecule has 2 heterocycles. The van der Waals surface area contributed by atoms with E-state index in [0.717, 1.165) is 55.6 Å². The van der Waals surface area contributed by atoms with Gasteiger partial charge in [0, 0.05) is 56.5 Å². The molecule has 3 rings (SSSR count). The van der Waals surface area contributed by atoms with Crippen molar-refractivity contribution in [3.8, 4) is 5.75 Å². The van der Waals surface area contributed by atoms with E-state index < -0.39 is 0 Å². The minimum absolute atomic E-state index is 0. The lowest BCUT2D eigenvalue weighted by atomic mass is 10.1. The van der Waals surface area contributed by atoms with E-state index in [0.29, 0.717) is 19.1 Å². The van der Waals surface area contributed by atoms with Gasteiger partial charge in [-0.3, -0.25) is 9.98 Å². The van der Waals surface area contributed by atoms with Crippen molar-refractivity contribution in [3.05, 3.63) is 59.4 Å². The first-order valence-electron chi connectivity index (χ1n) is 9.89. The molecule has 1 aliphatic heterocycles. The van der Waals surface area contributed by atoms with Gasteiger partial charge in [0.2, 0.25) is 0 Å². The average Bonchev–Trinajstić information content (AvgIpc) is 3.24. The van der Waals surface area contributed by atoms with Crippen molar-refractivity contribution >= 4 is 29.9 Å². The molecule has 1 saturated heterocycles. The van der Waals surface area contributed by atoms with Crippen LogP contribution >= 0.6 is 24.0 Å². The highest BCUT2D eigenvalue weighted by Crippen LogP contribution is 2.22. The van der Waals surface area contributed by atoms with Gasteiger partial charge in [0.05, 0.1) is 13.2 Å². The number of hydrogen-bond acceptors (Lipinski definition) is 4. The van der Waals surface area contributed by atoms with E-state index in [1.165, 1.54) is 5.56 Å². The highest BCUT2D eigenvalue weighted by atomic mass is 127. The predicted octanol–water partition coefficient (Wildman–Crippen LogP) is 3.33. The maximum atomic E-state index is 6.12. The number of aryl methyl sites for hydroxylation is 1. The Morgan fingerprint density at radius 3 is 2.90 bits per heavy atom. The molecule has 0 radical (unpaired) electrons. The molecule has 1 aliphatic rings. The third-order valence-corrected chi connectivity index (χ3v) is 4.79. The number of guanidine groups is 1. The average molecular weight is 510 g/mol. The van der Waals surface area contributed by atoms with E-state index in [2.05, 4.69) is 45.7 Å². The number of benzene rings is 1. The van der Waals surface area contributed by atoms with Gasteiger partial charge in [-0.1, -0.05) is 18.2 Å². The van der Waals surface area contributed by atoms with Crippen LogP contribution in [-0.4, -0.2) is 44.4 Å². The van der Waals surface area contributed by atoms with Gasteiger partial charge in [0.15, 0.2) is 5.96 Å². The minimum Gasteiger partial charge on any atom is -0.493 e. The molecule has 6 nitrogen and oxygen atoms in total. The molecule has 158 valence electrons. The Bertz CT molecular complexity index is 765. The zero-order valence-electron chi connectivity index (χ0n) is 17.2. The second kappa shape index (κ2) is 12.6. The number of nitrogens with one attached hydrogen (secondary N) is 2. The first kappa shape index (κ1) is 23.4. The molecule has 2 aromatic rings. The van der Waals surface area contributed by atoms with Crippen LogP contribution in [0.2, 0.25) is 0 Å². The van der Waals surface area contributed by atoms with Gasteiger partial charge in [0.1, 0.15) is 5.75 Å². The van der Waals surface area contributed by atoms with E-state index in [4.69, 9.17) is 9.47 Å². The number of aliphatic imine (C=N–C) groups is 1. The molecule has 0 bridgehead atoms. The molecule has 0 spiro atoms. The second-order valence-corrected chi connectivity index (χ2v) is 7.08. The minimum atomic E-state index is 0. The fourth-order valence-corrected chi connectivity index (χ4v) is 3.12. The van der Waals surface area contributed by atoms with Crippen molar-refractivity contribution in [1.29, 1.82) is 0 Å². The first-order chi connectivity index (χ1) is 13.7. The molecule has 7 heteroatoms. The first-order valence-corrected chi connectivity index (χ1v) is 9.89. The summed E-state index contributed by atoms with van der Waals surface area (Å²) in [6.07, 6.45) is 3.75. The van der Waals surface area contributed by atoms with E-state index in [-0.39, 0.29) is 24.0 Å². The van der Waals surface area contributed by atoms with Crippen molar-refractivity contribution in [2.45, 2.75) is 26.3 Å². The monoisotopic (exact) mass is 510 g/mol. The lowest BCUT2D eigenvalue weighted by Crippen LogP contribution is -2.38. The van der Waals surface area contributed by atoms with Crippen molar-refractivity contribution in [2.75, 3.05) is 33.4 Å². The van der Waals surface area contributed by atoms with Crippen LogP contribution < -0.4 is 15.4 Å². The normalized spacial score (nSPS) is 16.2. The molecule has 1 atom stereocenters. The summed E-state index contributed by atoms with van der Waals surface area (Å²) in [7, 11) is 1.78. The summed E-state index contributed by atoms with van der Waals surface area (Å²) < 4.78 is 11.6. The number of aromatic nitrogens is 1. The van der Waals surface area contributed by atoms with Crippen molar-refractivity contribution < 1.29 is 9.47 Å². The molecule has 2 N–H and O–H groups in total. The van der Waals surface area contributed by atoms with Crippen molar-refractivity contribution in [2.24, 2.45) is 10.9 Å². The van der Waals surface area contributed by atoms with Crippen LogP contribution in [0.5, 0.6) is 5.75 Å². The quantitative estimate of drug-likeness (QED) is 0.324. The third kappa shape index (κ3) is 7.81. The van der Waals surface area contributed by atoms with Gasteiger partial charge < -0.3 is 20.1 Å². The molecule has 29 heavy (non-hydrogen) atoms. The number of nitrogens with zero attached hydrogens (tertiary/aromatic N) is 2. The molecule has 1 fully saturated rings. The van der Waals surface area contributed by atoms with Crippen LogP contribution in [0.25, 0.3) is 0 Å². The molecule has 1 aromatic carbocycles. The smallest absolute Gasteiger partial charge is 0.191 e. The number of halogens is 1. The summed E-state index contributed by atoms with van der Waals surface area (Å²) in [5.41, 5.74) is 3.38. The Kier molecular flexibility index (Phi) is 10.2. The van der Waals surface area contributed by atoms with Crippen LogP contribution in [-0.2, 0) is 17.7 Å². The van der Waals surface area contributed by atoms with E-state index >= 15 is 0 Å². The summed E-state index contributed by atoms with van der Waals surface area (Å²) in [5, 5.41) is 6.71. The van der Waals surface area contributed by atoms with E-state index in [9.17, 15) is 0 Å².